The van der Waals surface area contributed by atoms with Crippen molar-refractivity contribution < 1.29 is 19.1 Å². The van der Waals surface area contributed by atoms with E-state index in [0.717, 1.165) is 12.8 Å². The highest BCUT2D eigenvalue weighted by Crippen LogP contribution is 2.21. The number of unbranched alkanes of at least 4 members (excludes halogenated alkanes) is 1. The monoisotopic (exact) mass is 354 g/mol. The molecule has 8 nitrogen and oxygen atoms in total. The molecule has 0 saturated heterocycles. The van der Waals surface area contributed by atoms with Gasteiger partial charge >= 0.3 is 11.8 Å². The van der Waals surface area contributed by atoms with Crippen molar-refractivity contribution in [1.82, 2.24) is 10.7 Å². The molecule has 3 amide bonds. The molecule has 0 aromatic heterocycles. The fourth-order valence-corrected chi connectivity index (χ4v) is 1.75. The molecule has 0 unspecified atom stereocenters. The first-order valence-corrected chi connectivity index (χ1v) is 7.63. The number of carbonyl (C=O) groups is 3. The van der Waals surface area contributed by atoms with Crippen LogP contribution in [0.5, 0.6) is 5.75 Å². The zero-order valence-electron chi connectivity index (χ0n) is 13.2. The van der Waals surface area contributed by atoms with Crippen molar-refractivity contribution in [2.45, 2.75) is 19.8 Å². The number of hydrogen-bond donors (Lipinski definition) is 3. The number of amides is 3. The topological polar surface area (TPSA) is 123 Å². The molecule has 0 radical (unpaired) electrons. The van der Waals surface area contributed by atoms with Crippen LogP contribution >= 0.6 is 11.6 Å². The van der Waals surface area contributed by atoms with Crippen molar-refractivity contribution in [1.29, 1.82) is 0 Å². The average molecular weight is 355 g/mol. The number of nitrogens with zero attached hydrogens (tertiary/aromatic N) is 1. The second kappa shape index (κ2) is 10.2. The third kappa shape index (κ3) is 7.10. The van der Waals surface area contributed by atoms with Gasteiger partial charge in [-0.2, -0.15) is 5.10 Å². The number of ether oxygens (including phenoxy) is 1. The van der Waals surface area contributed by atoms with E-state index < -0.39 is 17.7 Å². The third-order valence-corrected chi connectivity index (χ3v) is 2.97. The summed E-state index contributed by atoms with van der Waals surface area (Å²) in [6.45, 7) is 2.08. The quantitative estimate of drug-likeness (QED) is 0.273. The van der Waals surface area contributed by atoms with E-state index in [4.69, 9.17) is 22.1 Å². The molecule has 0 atom stereocenters. The van der Waals surface area contributed by atoms with Gasteiger partial charge in [0.2, 0.25) is 0 Å². The van der Waals surface area contributed by atoms with Gasteiger partial charge in [0.1, 0.15) is 5.75 Å². The molecule has 4 N–H and O–H groups in total. The third-order valence-electron chi connectivity index (χ3n) is 2.73. The van der Waals surface area contributed by atoms with E-state index in [0.29, 0.717) is 22.9 Å². The summed E-state index contributed by atoms with van der Waals surface area (Å²) in [5.41, 5.74) is 7.53. The number of nitrogens with two attached hydrogens (primary N) is 1. The molecule has 0 aliphatic heterocycles. The largest absolute Gasteiger partial charge is 0.483 e. The molecule has 1 aromatic carbocycles. The molecular weight excluding hydrogens is 336 g/mol. The number of hydrazone groups is 1. The predicted molar refractivity (Wildman–Crippen MR) is 89.8 cm³/mol. The van der Waals surface area contributed by atoms with Gasteiger partial charge in [-0.05, 0) is 24.6 Å². The number of carbonyl (C=O) groups excluding carboxylic acids is 3. The first-order valence-electron chi connectivity index (χ1n) is 7.26. The first kappa shape index (κ1) is 19.4. The number of nitrogens with one attached hydrogen (secondary N) is 2. The van der Waals surface area contributed by atoms with Crippen molar-refractivity contribution in [3.05, 3.63) is 28.8 Å². The molecule has 1 aromatic rings. The van der Waals surface area contributed by atoms with Crippen molar-refractivity contribution in [2.24, 2.45) is 10.8 Å². The Morgan fingerprint density at radius 2 is 2.08 bits per heavy atom. The van der Waals surface area contributed by atoms with Crippen molar-refractivity contribution in [3.63, 3.8) is 0 Å². The summed E-state index contributed by atoms with van der Waals surface area (Å²) < 4.78 is 5.21. The molecule has 0 aliphatic carbocycles. The average Bonchev–Trinajstić information content (AvgIpc) is 2.53. The minimum atomic E-state index is -0.885. The molecule has 0 heterocycles. The number of benzene rings is 1. The lowest BCUT2D eigenvalue weighted by molar-refractivity contribution is -0.139. The second-order valence-electron chi connectivity index (χ2n) is 4.75. The number of hydrogen-bond acceptors (Lipinski definition) is 5. The summed E-state index contributed by atoms with van der Waals surface area (Å²) in [6.07, 6.45) is 2.94. The van der Waals surface area contributed by atoms with Crippen LogP contribution in [0.1, 0.15) is 25.3 Å². The van der Waals surface area contributed by atoms with Crippen LogP contribution in [0.15, 0.2) is 23.3 Å². The lowest BCUT2D eigenvalue weighted by Crippen LogP contribution is -2.38. The zero-order valence-corrected chi connectivity index (χ0v) is 13.9. The molecule has 0 fully saturated rings. The summed E-state index contributed by atoms with van der Waals surface area (Å²) in [7, 11) is 0. The molecule has 0 saturated carbocycles. The lowest BCUT2D eigenvalue weighted by Gasteiger charge is -2.07. The summed E-state index contributed by atoms with van der Waals surface area (Å²) >= 11 is 5.88. The summed E-state index contributed by atoms with van der Waals surface area (Å²) in [4.78, 5) is 33.8. The number of primary amides is 1. The molecule has 0 aliphatic rings. The maximum Gasteiger partial charge on any atom is 0.329 e. The van der Waals surface area contributed by atoms with Crippen LogP contribution in [0.2, 0.25) is 5.02 Å². The van der Waals surface area contributed by atoms with Crippen LogP contribution in [0.25, 0.3) is 0 Å². The maximum absolute atomic E-state index is 11.5. The van der Waals surface area contributed by atoms with Crippen molar-refractivity contribution in [3.8, 4) is 5.75 Å². The highest BCUT2D eigenvalue weighted by atomic mass is 35.5. The predicted octanol–water partition coefficient (Wildman–Crippen LogP) is 0.570. The maximum atomic E-state index is 11.5. The van der Waals surface area contributed by atoms with Gasteiger partial charge in [0, 0.05) is 17.1 Å². The van der Waals surface area contributed by atoms with E-state index in [1.54, 1.807) is 6.07 Å². The Morgan fingerprint density at radius 3 is 2.75 bits per heavy atom. The van der Waals surface area contributed by atoms with Gasteiger partial charge in [0.05, 0.1) is 6.21 Å². The Morgan fingerprint density at radius 1 is 1.33 bits per heavy atom. The van der Waals surface area contributed by atoms with Crippen LogP contribution in [0.3, 0.4) is 0 Å². The van der Waals surface area contributed by atoms with Gasteiger partial charge < -0.3 is 15.8 Å². The summed E-state index contributed by atoms with van der Waals surface area (Å²) in [5, 5.41) is 6.55. The van der Waals surface area contributed by atoms with Crippen LogP contribution in [0.4, 0.5) is 0 Å². The smallest absolute Gasteiger partial charge is 0.329 e. The standard InChI is InChI=1S/C15H19ClN4O4/c1-2-3-6-18-14(22)15(23)20-19-8-10-7-11(16)4-5-12(10)24-9-13(17)21/h4-5,7-8H,2-3,6,9H2,1H3,(H2,17,21)(H,18,22)(H,20,23)/b19-8-. The van der Waals surface area contributed by atoms with E-state index in [-0.39, 0.29) is 6.61 Å². The van der Waals surface area contributed by atoms with Gasteiger partial charge in [-0.3, -0.25) is 14.4 Å². The number of rotatable bonds is 8. The van der Waals surface area contributed by atoms with E-state index in [1.165, 1.54) is 18.3 Å². The fraction of sp³-hybridized carbons (Fsp3) is 0.333. The Labute approximate surface area is 144 Å². The van der Waals surface area contributed by atoms with E-state index in [1.807, 2.05) is 6.92 Å². The minimum absolute atomic E-state index is 0.309. The Bertz CT molecular complexity index is 634. The van der Waals surface area contributed by atoms with Crippen molar-refractivity contribution >= 4 is 35.5 Å². The molecule has 24 heavy (non-hydrogen) atoms. The molecule has 0 spiro atoms. The van der Waals surface area contributed by atoms with Crippen LogP contribution in [-0.2, 0) is 14.4 Å². The number of halogens is 1. The highest BCUT2D eigenvalue weighted by Gasteiger charge is 2.11. The van der Waals surface area contributed by atoms with Crippen molar-refractivity contribution in [2.75, 3.05) is 13.2 Å². The van der Waals surface area contributed by atoms with Crippen LogP contribution in [-0.4, -0.2) is 37.1 Å². The molecular formula is C15H19ClN4O4. The first-order chi connectivity index (χ1) is 11.4. The Kier molecular flexibility index (Phi) is 8.28. The molecule has 130 valence electrons. The van der Waals surface area contributed by atoms with Gasteiger partial charge in [0.15, 0.2) is 6.61 Å². The SMILES string of the molecule is CCCCNC(=O)C(=O)N/N=C\c1cc(Cl)ccc1OCC(N)=O. The Hall–Kier alpha value is -2.61. The van der Waals surface area contributed by atoms with Crippen LogP contribution < -0.4 is 21.2 Å². The zero-order chi connectivity index (χ0) is 17.9. The van der Waals surface area contributed by atoms with E-state index in [2.05, 4.69) is 15.8 Å². The summed E-state index contributed by atoms with van der Waals surface area (Å²) in [6, 6.07) is 4.62. The van der Waals surface area contributed by atoms with E-state index in [9.17, 15) is 14.4 Å². The molecule has 0 bridgehead atoms. The second-order valence-corrected chi connectivity index (χ2v) is 5.18. The molecule has 1 rings (SSSR count). The van der Waals surface area contributed by atoms with Crippen LogP contribution in [0, 0.1) is 0 Å². The van der Waals surface area contributed by atoms with Gasteiger partial charge in [-0.15, -0.1) is 0 Å². The van der Waals surface area contributed by atoms with Gasteiger partial charge in [-0.25, -0.2) is 5.43 Å². The molecule has 9 heteroatoms. The minimum Gasteiger partial charge on any atom is -0.483 e. The highest BCUT2D eigenvalue weighted by molar-refractivity contribution is 6.35. The Balaban J connectivity index is 2.65. The van der Waals surface area contributed by atoms with Gasteiger partial charge in [0.25, 0.3) is 5.91 Å². The fourth-order valence-electron chi connectivity index (χ4n) is 1.57. The normalized spacial score (nSPS) is 10.4. The lowest BCUT2D eigenvalue weighted by atomic mass is 10.2. The summed E-state index contributed by atoms with van der Waals surface area (Å²) in [5.74, 6) is -1.98. The van der Waals surface area contributed by atoms with E-state index >= 15 is 0 Å². The van der Waals surface area contributed by atoms with Gasteiger partial charge in [-0.1, -0.05) is 24.9 Å².